The normalized spacial score (nSPS) is 12.5. The maximum absolute atomic E-state index is 10.0. The van der Waals surface area contributed by atoms with Crippen LogP contribution in [0.1, 0.15) is 51.3 Å². The Morgan fingerprint density at radius 1 is 1.24 bits per heavy atom. The molecule has 2 aromatic heterocycles. The molecule has 7 nitrogen and oxygen atoms in total. The molecule has 7 heteroatoms. The second kappa shape index (κ2) is 7.12. The predicted octanol–water partition coefficient (Wildman–Crippen LogP) is 2.01. The molecule has 0 bridgehead atoms. The zero-order chi connectivity index (χ0) is 15.2. The van der Waals surface area contributed by atoms with Crippen molar-refractivity contribution in [3.8, 4) is 5.88 Å². The van der Waals surface area contributed by atoms with E-state index in [4.69, 9.17) is 10.5 Å². The SMILES string of the molecule is CCCCOc1nc(N)nc2ncc(C(O)CCC)nc12. The Bertz CT molecular complexity index is 605. The van der Waals surface area contributed by atoms with E-state index in [0.29, 0.717) is 35.8 Å². The van der Waals surface area contributed by atoms with E-state index in [1.54, 1.807) is 0 Å². The number of aliphatic hydroxyl groups excluding tert-OH is 1. The van der Waals surface area contributed by atoms with Crippen LogP contribution in [0.25, 0.3) is 11.2 Å². The van der Waals surface area contributed by atoms with Crippen molar-refractivity contribution >= 4 is 17.1 Å². The van der Waals surface area contributed by atoms with E-state index in [2.05, 4.69) is 26.9 Å². The number of nitrogen functional groups attached to an aromatic ring is 1. The molecule has 21 heavy (non-hydrogen) atoms. The van der Waals surface area contributed by atoms with Gasteiger partial charge in [0.15, 0.2) is 11.2 Å². The highest BCUT2D eigenvalue weighted by Gasteiger charge is 2.15. The van der Waals surface area contributed by atoms with Gasteiger partial charge in [-0.1, -0.05) is 26.7 Å². The first-order valence-corrected chi connectivity index (χ1v) is 7.26. The topological polar surface area (TPSA) is 107 Å². The molecule has 0 radical (unpaired) electrons. The molecule has 0 spiro atoms. The van der Waals surface area contributed by atoms with Crippen molar-refractivity contribution < 1.29 is 9.84 Å². The second-order valence-electron chi connectivity index (χ2n) is 4.86. The summed E-state index contributed by atoms with van der Waals surface area (Å²) < 4.78 is 5.62. The van der Waals surface area contributed by atoms with Crippen LogP contribution < -0.4 is 10.5 Å². The van der Waals surface area contributed by atoms with Crippen LogP contribution in [0.2, 0.25) is 0 Å². The highest BCUT2D eigenvalue weighted by Crippen LogP contribution is 2.23. The molecule has 2 rings (SSSR count). The van der Waals surface area contributed by atoms with E-state index in [-0.39, 0.29) is 5.95 Å². The molecule has 0 aliphatic heterocycles. The molecule has 0 aliphatic carbocycles. The zero-order valence-electron chi connectivity index (χ0n) is 12.4. The molecule has 3 N–H and O–H groups in total. The van der Waals surface area contributed by atoms with Crippen LogP contribution >= 0.6 is 0 Å². The predicted molar refractivity (Wildman–Crippen MR) is 79.8 cm³/mol. The molecule has 0 saturated carbocycles. The highest BCUT2D eigenvalue weighted by atomic mass is 16.5. The number of ether oxygens (including phenoxy) is 1. The van der Waals surface area contributed by atoms with Gasteiger partial charge in [0.25, 0.3) is 0 Å². The number of anilines is 1. The van der Waals surface area contributed by atoms with Gasteiger partial charge in [0, 0.05) is 0 Å². The Hall–Kier alpha value is -2.02. The van der Waals surface area contributed by atoms with Crippen LogP contribution in [-0.4, -0.2) is 31.6 Å². The Morgan fingerprint density at radius 2 is 2.05 bits per heavy atom. The van der Waals surface area contributed by atoms with Crippen LogP contribution in [0.5, 0.6) is 5.88 Å². The quantitative estimate of drug-likeness (QED) is 0.751. The minimum atomic E-state index is -0.645. The van der Waals surface area contributed by atoms with Crippen molar-refractivity contribution in [2.24, 2.45) is 0 Å². The summed E-state index contributed by atoms with van der Waals surface area (Å²) in [5.41, 5.74) is 6.97. The Kier molecular flexibility index (Phi) is 5.21. The van der Waals surface area contributed by atoms with Gasteiger partial charge in [0.2, 0.25) is 11.8 Å². The molecular formula is C14H21N5O2. The molecule has 0 aliphatic rings. The molecule has 2 heterocycles. The van der Waals surface area contributed by atoms with Crippen molar-refractivity contribution in [3.05, 3.63) is 11.9 Å². The van der Waals surface area contributed by atoms with Crippen molar-refractivity contribution in [1.29, 1.82) is 0 Å². The highest BCUT2D eigenvalue weighted by molar-refractivity contribution is 5.76. The van der Waals surface area contributed by atoms with Gasteiger partial charge >= 0.3 is 0 Å². The number of aromatic nitrogens is 4. The number of rotatable bonds is 7. The van der Waals surface area contributed by atoms with E-state index in [1.807, 2.05) is 6.92 Å². The third-order valence-electron chi connectivity index (χ3n) is 3.05. The molecule has 0 saturated heterocycles. The summed E-state index contributed by atoms with van der Waals surface area (Å²) in [5, 5.41) is 10.0. The number of nitrogens with two attached hydrogens (primary N) is 1. The first-order chi connectivity index (χ1) is 10.2. The molecule has 2 aromatic rings. The zero-order valence-corrected chi connectivity index (χ0v) is 12.4. The lowest BCUT2D eigenvalue weighted by Gasteiger charge is -2.11. The fourth-order valence-electron chi connectivity index (χ4n) is 1.91. The van der Waals surface area contributed by atoms with Crippen molar-refractivity contribution in [1.82, 2.24) is 19.9 Å². The lowest BCUT2D eigenvalue weighted by Crippen LogP contribution is -2.07. The fraction of sp³-hybridized carbons (Fsp3) is 0.571. The lowest BCUT2D eigenvalue weighted by molar-refractivity contribution is 0.161. The van der Waals surface area contributed by atoms with Crippen LogP contribution in [0.3, 0.4) is 0 Å². The molecule has 1 unspecified atom stereocenters. The van der Waals surface area contributed by atoms with Gasteiger partial charge in [-0.25, -0.2) is 9.97 Å². The maximum Gasteiger partial charge on any atom is 0.247 e. The summed E-state index contributed by atoms with van der Waals surface area (Å²) in [6.45, 7) is 4.61. The van der Waals surface area contributed by atoms with E-state index >= 15 is 0 Å². The van der Waals surface area contributed by atoms with Gasteiger partial charge in [-0.2, -0.15) is 9.97 Å². The first-order valence-electron chi connectivity index (χ1n) is 7.26. The van der Waals surface area contributed by atoms with E-state index < -0.39 is 6.10 Å². The molecule has 0 aromatic carbocycles. The maximum atomic E-state index is 10.0. The van der Waals surface area contributed by atoms with Gasteiger partial charge in [-0.05, 0) is 12.8 Å². The van der Waals surface area contributed by atoms with Gasteiger partial charge in [-0.15, -0.1) is 0 Å². The smallest absolute Gasteiger partial charge is 0.247 e. The largest absolute Gasteiger partial charge is 0.476 e. The first kappa shape index (κ1) is 15.4. The third-order valence-corrected chi connectivity index (χ3v) is 3.05. The van der Waals surface area contributed by atoms with Crippen LogP contribution in [-0.2, 0) is 0 Å². The number of hydrogen-bond acceptors (Lipinski definition) is 7. The minimum absolute atomic E-state index is 0.102. The number of hydrogen-bond donors (Lipinski definition) is 2. The van der Waals surface area contributed by atoms with Gasteiger partial charge in [0.05, 0.1) is 24.6 Å². The van der Waals surface area contributed by atoms with Crippen LogP contribution in [0.15, 0.2) is 6.20 Å². The molecular weight excluding hydrogens is 270 g/mol. The standard InChI is InChI=1S/C14H21N5O2/c1-3-5-7-21-13-11-12(18-14(15)19-13)16-8-9(17-11)10(20)6-4-2/h8,10,20H,3-7H2,1-2H3,(H2,15,16,18,19). The molecule has 0 fully saturated rings. The lowest BCUT2D eigenvalue weighted by atomic mass is 10.1. The average molecular weight is 291 g/mol. The minimum Gasteiger partial charge on any atom is -0.476 e. The van der Waals surface area contributed by atoms with E-state index in [0.717, 1.165) is 19.3 Å². The number of unbranched alkanes of at least 4 members (excludes halogenated alkanes) is 1. The van der Waals surface area contributed by atoms with Crippen LogP contribution in [0, 0.1) is 0 Å². The second-order valence-corrected chi connectivity index (χ2v) is 4.86. The number of fused-ring (bicyclic) bond motifs is 1. The van der Waals surface area contributed by atoms with Crippen molar-refractivity contribution in [3.63, 3.8) is 0 Å². The average Bonchev–Trinajstić information content (AvgIpc) is 2.47. The van der Waals surface area contributed by atoms with Gasteiger partial charge in [0.1, 0.15) is 0 Å². The summed E-state index contributed by atoms with van der Waals surface area (Å²) in [7, 11) is 0. The Labute approximate surface area is 123 Å². The summed E-state index contributed by atoms with van der Waals surface area (Å²) in [6.07, 6.45) is 4.29. The van der Waals surface area contributed by atoms with Crippen molar-refractivity contribution in [2.75, 3.05) is 12.3 Å². The molecule has 0 amide bonds. The summed E-state index contributed by atoms with van der Waals surface area (Å²) in [4.78, 5) is 16.7. The Morgan fingerprint density at radius 3 is 2.76 bits per heavy atom. The fourth-order valence-corrected chi connectivity index (χ4v) is 1.91. The van der Waals surface area contributed by atoms with E-state index in [1.165, 1.54) is 6.20 Å². The Balaban J connectivity index is 2.37. The van der Waals surface area contributed by atoms with Crippen LogP contribution in [0.4, 0.5) is 5.95 Å². The summed E-state index contributed by atoms with van der Waals surface area (Å²) in [6, 6.07) is 0. The number of aliphatic hydroxyl groups is 1. The van der Waals surface area contributed by atoms with Gasteiger partial charge < -0.3 is 15.6 Å². The summed E-state index contributed by atoms with van der Waals surface area (Å²) >= 11 is 0. The van der Waals surface area contributed by atoms with Gasteiger partial charge in [-0.3, -0.25) is 0 Å². The molecule has 114 valence electrons. The third kappa shape index (κ3) is 3.75. The molecule has 1 atom stereocenters. The van der Waals surface area contributed by atoms with E-state index in [9.17, 15) is 5.11 Å². The summed E-state index contributed by atoms with van der Waals surface area (Å²) in [5.74, 6) is 0.425. The monoisotopic (exact) mass is 291 g/mol. The van der Waals surface area contributed by atoms with Crippen molar-refractivity contribution in [2.45, 2.75) is 45.6 Å². The number of nitrogens with zero attached hydrogens (tertiary/aromatic N) is 4.